The number of epoxide rings is 4. The van der Waals surface area contributed by atoms with Crippen molar-refractivity contribution in [3.8, 4) is 0 Å². The van der Waals surface area contributed by atoms with Gasteiger partial charge in [0.2, 0.25) is 0 Å². The molecule has 5 aliphatic rings. The Bertz CT molecular complexity index is 974. The molecule has 1 aliphatic carbocycles. The Labute approximate surface area is 231 Å². The lowest BCUT2D eigenvalue weighted by atomic mass is 9.79. The van der Waals surface area contributed by atoms with Crippen molar-refractivity contribution < 1.29 is 57.1 Å². The summed E-state index contributed by atoms with van der Waals surface area (Å²) in [6.45, 7) is 3.54. The Kier molecular flexibility index (Phi) is 9.63. The minimum atomic E-state index is -0.546. The highest BCUT2D eigenvalue weighted by Crippen LogP contribution is 2.32. The Morgan fingerprint density at radius 2 is 0.900 bits per heavy atom. The van der Waals surface area contributed by atoms with E-state index < -0.39 is 11.9 Å². The largest absolute Gasteiger partial charge is 0.463 e. The summed E-state index contributed by atoms with van der Waals surface area (Å²) in [5.41, 5.74) is 0.407. The fraction of sp³-hybridized carbons (Fsp3) is 0.643. The molecule has 12 heteroatoms. The van der Waals surface area contributed by atoms with E-state index in [4.69, 9.17) is 37.9 Å². The summed E-state index contributed by atoms with van der Waals surface area (Å²) in [7, 11) is 0. The summed E-state index contributed by atoms with van der Waals surface area (Å²) in [6.07, 6.45) is 3.40. The van der Waals surface area contributed by atoms with Gasteiger partial charge >= 0.3 is 23.9 Å². The average molecular weight is 563 g/mol. The van der Waals surface area contributed by atoms with Crippen LogP contribution in [0.25, 0.3) is 0 Å². The topological polar surface area (TPSA) is 155 Å². The second kappa shape index (κ2) is 13.5. The lowest BCUT2D eigenvalue weighted by Gasteiger charge is -2.28. The zero-order chi connectivity index (χ0) is 27.9. The summed E-state index contributed by atoms with van der Waals surface area (Å²) >= 11 is 0. The lowest BCUT2D eigenvalue weighted by Crippen LogP contribution is -2.35. The van der Waals surface area contributed by atoms with E-state index in [0.717, 1.165) is 12.8 Å². The molecular weight excluding hydrogens is 528 g/mol. The van der Waals surface area contributed by atoms with Crippen molar-refractivity contribution in [3.63, 3.8) is 0 Å². The van der Waals surface area contributed by atoms with Crippen LogP contribution in [0.5, 0.6) is 0 Å². The predicted molar refractivity (Wildman–Crippen MR) is 133 cm³/mol. The second-order valence-corrected chi connectivity index (χ2v) is 10.3. The van der Waals surface area contributed by atoms with Gasteiger partial charge in [0.15, 0.2) is 0 Å². The van der Waals surface area contributed by atoms with Crippen molar-refractivity contribution in [1.82, 2.24) is 0 Å². The number of rotatable bonds is 12. The normalized spacial score (nSPS) is 29.1. The van der Waals surface area contributed by atoms with E-state index in [2.05, 4.69) is 0 Å². The van der Waals surface area contributed by atoms with E-state index in [1.54, 1.807) is 24.3 Å². The van der Waals surface area contributed by atoms with Gasteiger partial charge in [-0.3, -0.25) is 9.59 Å². The molecule has 0 bridgehead atoms. The molecule has 0 spiro atoms. The monoisotopic (exact) mass is 562 g/mol. The maximum absolute atomic E-state index is 12.1. The highest BCUT2D eigenvalue weighted by molar-refractivity contribution is 6.03. The molecule has 6 rings (SSSR count). The van der Waals surface area contributed by atoms with E-state index in [9.17, 15) is 19.2 Å². The standard InChI is InChI=1S/C14H20O6.C14H14O6/c2*15-13(19-7-9-5-17-9)11-3-1-2-4-12(11)14(16)20-8-10-6-18-10/h9-12H,1-8H2;1-4,9-10H,5-8H2. The van der Waals surface area contributed by atoms with E-state index >= 15 is 0 Å². The van der Waals surface area contributed by atoms with Crippen LogP contribution in [-0.2, 0) is 47.5 Å². The third-order valence-electron chi connectivity index (χ3n) is 6.97. The molecule has 4 saturated heterocycles. The number of ether oxygens (including phenoxy) is 8. The van der Waals surface area contributed by atoms with E-state index in [-0.39, 0.29) is 72.5 Å². The number of benzene rings is 1. The number of hydrogen-bond acceptors (Lipinski definition) is 12. The van der Waals surface area contributed by atoms with E-state index in [0.29, 0.717) is 52.5 Å². The molecule has 6 unspecified atom stereocenters. The summed E-state index contributed by atoms with van der Waals surface area (Å²) in [5, 5.41) is 0. The maximum Gasteiger partial charge on any atom is 0.339 e. The van der Waals surface area contributed by atoms with Crippen LogP contribution in [-0.4, -0.2) is 101 Å². The summed E-state index contributed by atoms with van der Waals surface area (Å²) in [4.78, 5) is 48.1. The van der Waals surface area contributed by atoms with Gasteiger partial charge in [-0.2, -0.15) is 0 Å². The summed E-state index contributed by atoms with van der Waals surface area (Å²) < 4.78 is 40.6. The molecule has 218 valence electrons. The van der Waals surface area contributed by atoms with E-state index in [1.807, 2.05) is 0 Å². The number of carbonyl (C=O) groups is 4. The predicted octanol–water partition coefficient (Wildman–Crippen LogP) is 1.47. The van der Waals surface area contributed by atoms with Gasteiger partial charge in [0.1, 0.15) is 50.8 Å². The average Bonchev–Trinajstić information content (AvgIpc) is 3.80. The lowest BCUT2D eigenvalue weighted by molar-refractivity contribution is -0.163. The fourth-order valence-corrected chi connectivity index (χ4v) is 4.25. The first-order valence-electron chi connectivity index (χ1n) is 13.7. The van der Waals surface area contributed by atoms with Crippen LogP contribution in [0.3, 0.4) is 0 Å². The number of hydrogen-bond donors (Lipinski definition) is 0. The molecule has 4 aliphatic heterocycles. The van der Waals surface area contributed by atoms with Crippen LogP contribution in [0.4, 0.5) is 0 Å². The molecule has 1 aromatic carbocycles. The Balaban J connectivity index is 0.000000161. The molecule has 1 aromatic rings. The van der Waals surface area contributed by atoms with Crippen LogP contribution in [0, 0.1) is 11.8 Å². The van der Waals surface area contributed by atoms with Crippen molar-refractivity contribution in [2.45, 2.75) is 50.1 Å². The number of carbonyl (C=O) groups excluding carboxylic acids is 4. The van der Waals surface area contributed by atoms with Gasteiger partial charge in [0, 0.05) is 0 Å². The molecule has 12 nitrogen and oxygen atoms in total. The molecule has 40 heavy (non-hydrogen) atoms. The molecule has 0 aromatic heterocycles. The molecule has 0 amide bonds. The van der Waals surface area contributed by atoms with Crippen molar-refractivity contribution >= 4 is 23.9 Å². The second-order valence-electron chi connectivity index (χ2n) is 10.3. The van der Waals surface area contributed by atoms with Gasteiger partial charge in [0.25, 0.3) is 0 Å². The minimum absolute atomic E-state index is 0.00919. The smallest absolute Gasteiger partial charge is 0.339 e. The summed E-state index contributed by atoms with van der Waals surface area (Å²) in [5.74, 6) is -2.40. The van der Waals surface area contributed by atoms with Crippen molar-refractivity contribution in [2.24, 2.45) is 11.8 Å². The van der Waals surface area contributed by atoms with Crippen LogP contribution in [0.15, 0.2) is 24.3 Å². The van der Waals surface area contributed by atoms with Crippen molar-refractivity contribution in [1.29, 1.82) is 0 Å². The van der Waals surface area contributed by atoms with Crippen LogP contribution >= 0.6 is 0 Å². The van der Waals surface area contributed by atoms with E-state index in [1.165, 1.54) is 0 Å². The first-order valence-corrected chi connectivity index (χ1v) is 13.7. The Hall–Kier alpha value is -3.06. The van der Waals surface area contributed by atoms with Crippen LogP contribution < -0.4 is 0 Å². The highest BCUT2D eigenvalue weighted by atomic mass is 16.6. The van der Waals surface area contributed by atoms with Crippen LogP contribution in [0.1, 0.15) is 46.4 Å². The third kappa shape index (κ3) is 8.98. The van der Waals surface area contributed by atoms with Gasteiger partial charge in [-0.25, -0.2) is 9.59 Å². The van der Waals surface area contributed by atoms with Crippen LogP contribution in [0.2, 0.25) is 0 Å². The van der Waals surface area contributed by atoms with Gasteiger partial charge in [-0.1, -0.05) is 25.0 Å². The Morgan fingerprint density at radius 3 is 1.23 bits per heavy atom. The van der Waals surface area contributed by atoms with Gasteiger partial charge in [0.05, 0.1) is 49.4 Å². The molecule has 5 fully saturated rings. The molecule has 4 heterocycles. The minimum Gasteiger partial charge on any atom is -0.463 e. The zero-order valence-corrected chi connectivity index (χ0v) is 22.2. The molecular formula is C28H34O12. The third-order valence-corrected chi connectivity index (χ3v) is 6.97. The van der Waals surface area contributed by atoms with Gasteiger partial charge in [-0.15, -0.1) is 0 Å². The Morgan fingerprint density at radius 1 is 0.575 bits per heavy atom. The molecule has 6 atom stereocenters. The maximum atomic E-state index is 12.1. The van der Waals surface area contributed by atoms with Crippen molar-refractivity contribution in [2.75, 3.05) is 52.9 Å². The van der Waals surface area contributed by atoms with Crippen molar-refractivity contribution in [3.05, 3.63) is 35.4 Å². The number of esters is 4. The molecule has 0 radical (unpaired) electrons. The first kappa shape index (κ1) is 28.5. The fourth-order valence-electron chi connectivity index (χ4n) is 4.25. The molecule has 0 N–H and O–H groups in total. The SMILES string of the molecule is O=C(OCC1CO1)C1CCCCC1C(=O)OCC1CO1.O=C(OCC1CO1)c1ccccc1C(=O)OCC1CO1. The summed E-state index contributed by atoms with van der Waals surface area (Å²) in [6, 6.07) is 6.43. The highest BCUT2D eigenvalue weighted by Gasteiger charge is 2.39. The molecule has 1 saturated carbocycles. The zero-order valence-electron chi connectivity index (χ0n) is 22.2. The van der Waals surface area contributed by atoms with Gasteiger partial charge < -0.3 is 37.9 Å². The van der Waals surface area contributed by atoms with Gasteiger partial charge in [-0.05, 0) is 25.0 Å². The first-order chi connectivity index (χ1) is 19.5. The quantitative estimate of drug-likeness (QED) is 0.206.